The van der Waals surface area contributed by atoms with Gasteiger partial charge in [-0.15, -0.1) is 29.0 Å². The molecule has 0 N–H and O–H groups in total. The number of hydrogen-bond acceptors (Lipinski definition) is 0. The quantitative estimate of drug-likeness (QED) is 0.327. The molecule has 4 aromatic carbocycles. The van der Waals surface area contributed by atoms with E-state index in [0.717, 1.165) is 11.1 Å². The zero-order chi connectivity index (χ0) is 13.4. The molecule has 0 unspecified atom stereocenters. The summed E-state index contributed by atoms with van der Waals surface area (Å²) in [5.74, 6) is 0. The second-order valence-corrected chi connectivity index (χ2v) is 4.88. The fourth-order valence-electron chi connectivity index (χ4n) is 2.75. The Morgan fingerprint density at radius 2 is 1.43 bits per heavy atom. The molecule has 0 spiro atoms. The molecular weight excluding hydrogens is 329 g/mol. The van der Waals surface area contributed by atoms with Gasteiger partial charge in [0.2, 0.25) is 0 Å². The zero-order valence-corrected chi connectivity index (χ0v) is 14.3. The van der Waals surface area contributed by atoms with Crippen molar-refractivity contribution in [1.82, 2.24) is 0 Å². The summed E-state index contributed by atoms with van der Waals surface area (Å²) in [7, 11) is 0. The summed E-state index contributed by atoms with van der Waals surface area (Å²) in [4.78, 5) is 0. The first-order chi connectivity index (χ1) is 9.93. The Hall–Kier alpha value is -1.50. The zero-order valence-electron chi connectivity index (χ0n) is 11.5. The van der Waals surface area contributed by atoms with Crippen LogP contribution < -0.4 is 0 Å². The number of rotatable bonds is 1. The van der Waals surface area contributed by atoms with Crippen LogP contribution in [0.5, 0.6) is 0 Å². The van der Waals surface area contributed by atoms with Crippen molar-refractivity contribution in [2.24, 2.45) is 0 Å². The standard InChI is InChI=1S/C20H12.Y/c1-2-7-15(8-3-1)18-11-6-12-19-17-10-5-4-9-16(17)13-14-20(18)19;/h1-7,9-10,12-14H;/q-2;. The molecule has 4 aromatic rings. The Bertz CT molecular complexity index is 895. The molecule has 0 saturated carbocycles. The van der Waals surface area contributed by atoms with E-state index in [0.29, 0.717) is 0 Å². The van der Waals surface area contributed by atoms with Gasteiger partial charge in [-0.2, -0.15) is 36.4 Å². The van der Waals surface area contributed by atoms with Crippen molar-refractivity contribution >= 4 is 21.5 Å². The predicted octanol–water partition coefficient (Wildman–Crippen LogP) is 5.26. The molecule has 0 heterocycles. The van der Waals surface area contributed by atoms with Crippen molar-refractivity contribution in [3.8, 4) is 11.1 Å². The Morgan fingerprint density at radius 3 is 2.29 bits per heavy atom. The minimum absolute atomic E-state index is 0. The van der Waals surface area contributed by atoms with Crippen LogP contribution in [-0.2, 0) is 32.7 Å². The second-order valence-electron chi connectivity index (χ2n) is 4.88. The van der Waals surface area contributed by atoms with Gasteiger partial charge in [-0.1, -0.05) is 30.3 Å². The van der Waals surface area contributed by atoms with Crippen LogP contribution in [-0.4, -0.2) is 0 Å². The summed E-state index contributed by atoms with van der Waals surface area (Å²) in [6.45, 7) is 0. The van der Waals surface area contributed by atoms with Crippen molar-refractivity contribution in [1.29, 1.82) is 0 Å². The maximum absolute atomic E-state index is 3.36. The maximum atomic E-state index is 3.36. The van der Waals surface area contributed by atoms with E-state index in [-0.39, 0.29) is 32.7 Å². The average Bonchev–Trinajstić information content (AvgIpc) is 2.55. The summed E-state index contributed by atoms with van der Waals surface area (Å²) in [6.07, 6.45) is 0. The molecule has 0 bridgehead atoms. The van der Waals surface area contributed by atoms with Crippen molar-refractivity contribution in [2.75, 3.05) is 0 Å². The Balaban J connectivity index is 0.00000132. The second kappa shape index (κ2) is 6.09. The number of benzene rings is 4. The predicted molar refractivity (Wildman–Crippen MR) is 84.6 cm³/mol. The first kappa shape index (κ1) is 14.4. The van der Waals surface area contributed by atoms with E-state index < -0.39 is 0 Å². The van der Waals surface area contributed by atoms with Gasteiger partial charge in [0, 0.05) is 32.7 Å². The van der Waals surface area contributed by atoms with E-state index in [2.05, 4.69) is 60.7 Å². The van der Waals surface area contributed by atoms with E-state index in [9.17, 15) is 0 Å². The van der Waals surface area contributed by atoms with E-state index >= 15 is 0 Å². The van der Waals surface area contributed by atoms with Gasteiger partial charge in [0.15, 0.2) is 0 Å². The molecule has 0 aliphatic carbocycles. The van der Waals surface area contributed by atoms with Crippen LogP contribution in [0.3, 0.4) is 0 Å². The van der Waals surface area contributed by atoms with Crippen LogP contribution in [0.1, 0.15) is 0 Å². The van der Waals surface area contributed by atoms with Crippen molar-refractivity contribution < 1.29 is 32.7 Å². The summed E-state index contributed by atoms with van der Waals surface area (Å²) in [6, 6.07) is 31.7. The largest absolute Gasteiger partial charge is 0.226 e. The molecule has 1 heteroatoms. The molecule has 0 aliphatic rings. The van der Waals surface area contributed by atoms with Crippen LogP contribution in [0.2, 0.25) is 0 Å². The molecule has 0 saturated heterocycles. The average molecular weight is 341 g/mol. The van der Waals surface area contributed by atoms with Gasteiger partial charge in [-0.3, -0.25) is 0 Å². The van der Waals surface area contributed by atoms with Crippen molar-refractivity contribution in [3.63, 3.8) is 0 Å². The third kappa shape index (κ3) is 2.54. The molecule has 97 valence electrons. The minimum atomic E-state index is 0. The molecule has 0 aromatic heterocycles. The molecular formula is C20H12Y-2. The van der Waals surface area contributed by atoms with Crippen LogP contribution in [0, 0.1) is 12.1 Å². The number of fused-ring (bicyclic) bond motifs is 3. The normalized spacial score (nSPS) is 10.5. The fourth-order valence-corrected chi connectivity index (χ4v) is 2.75. The maximum Gasteiger partial charge on any atom is 0 e. The Morgan fingerprint density at radius 1 is 0.571 bits per heavy atom. The fraction of sp³-hybridized carbons (Fsp3) is 0. The van der Waals surface area contributed by atoms with Gasteiger partial charge in [0.25, 0.3) is 0 Å². The summed E-state index contributed by atoms with van der Waals surface area (Å²) >= 11 is 0. The molecule has 0 aliphatic heterocycles. The first-order valence-electron chi connectivity index (χ1n) is 6.73. The van der Waals surface area contributed by atoms with Crippen LogP contribution >= 0.6 is 0 Å². The Kier molecular flexibility index (Phi) is 4.19. The molecule has 1 radical (unpaired) electrons. The van der Waals surface area contributed by atoms with Crippen LogP contribution in [0.4, 0.5) is 0 Å². The Labute approximate surface area is 149 Å². The minimum Gasteiger partial charge on any atom is -0.226 e. The van der Waals surface area contributed by atoms with E-state index in [1.165, 1.54) is 21.5 Å². The van der Waals surface area contributed by atoms with Crippen LogP contribution in [0.25, 0.3) is 32.7 Å². The van der Waals surface area contributed by atoms with Crippen molar-refractivity contribution in [3.05, 3.63) is 84.9 Å². The smallest absolute Gasteiger partial charge is 0 e. The molecule has 21 heavy (non-hydrogen) atoms. The van der Waals surface area contributed by atoms with Gasteiger partial charge in [-0.05, 0) is 10.8 Å². The third-order valence-corrected chi connectivity index (χ3v) is 3.70. The van der Waals surface area contributed by atoms with Crippen molar-refractivity contribution in [2.45, 2.75) is 0 Å². The summed E-state index contributed by atoms with van der Waals surface area (Å²) in [5.41, 5.74) is 2.21. The summed E-state index contributed by atoms with van der Waals surface area (Å²) in [5, 5.41) is 5.06. The molecule has 0 amide bonds. The molecule has 0 fully saturated rings. The van der Waals surface area contributed by atoms with Crippen LogP contribution in [0.15, 0.2) is 72.8 Å². The third-order valence-electron chi connectivity index (χ3n) is 3.70. The monoisotopic (exact) mass is 341 g/mol. The topological polar surface area (TPSA) is 0 Å². The molecule has 0 nitrogen and oxygen atoms in total. The first-order valence-corrected chi connectivity index (χ1v) is 6.73. The van der Waals surface area contributed by atoms with Gasteiger partial charge in [0.1, 0.15) is 0 Å². The molecule has 0 atom stereocenters. The number of hydrogen-bond donors (Lipinski definition) is 0. The van der Waals surface area contributed by atoms with E-state index in [1.54, 1.807) is 0 Å². The SMILES string of the molecule is [Y].[c-]1ccccc1-c1[c-]ccc2c1ccc1ccccc12. The molecule has 4 rings (SSSR count). The van der Waals surface area contributed by atoms with E-state index in [4.69, 9.17) is 0 Å². The van der Waals surface area contributed by atoms with Gasteiger partial charge in [0.05, 0.1) is 0 Å². The van der Waals surface area contributed by atoms with Gasteiger partial charge in [-0.25, -0.2) is 11.1 Å². The van der Waals surface area contributed by atoms with E-state index in [1.807, 2.05) is 24.3 Å². The van der Waals surface area contributed by atoms with Gasteiger partial charge < -0.3 is 0 Å². The van der Waals surface area contributed by atoms with Gasteiger partial charge >= 0.3 is 0 Å². The summed E-state index contributed by atoms with van der Waals surface area (Å²) < 4.78 is 0.